The van der Waals surface area contributed by atoms with E-state index in [1.54, 1.807) is 0 Å². The molecule has 0 fully saturated rings. The Morgan fingerprint density at radius 1 is 0.412 bits per heavy atom. The molecule has 0 spiro atoms. The smallest absolute Gasteiger partial charge is 3.00 e. The van der Waals surface area contributed by atoms with Crippen molar-refractivity contribution >= 4 is 56.9 Å². The van der Waals surface area contributed by atoms with Crippen LogP contribution in [-0.4, -0.2) is 56.9 Å². The zero-order valence-corrected chi connectivity index (χ0v) is 17.2. The zero-order valence-electron chi connectivity index (χ0n) is 6.68. The van der Waals surface area contributed by atoms with Gasteiger partial charge < -0.3 is 0 Å². The van der Waals surface area contributed by atoms with Crippen LogP contribution in [-0.2, 0) is 18.6 Å². The molecule has 0 saturated carbocycles. The molecule has 0 heterocycles. The van der Waals surface area contributed by atoms with E-state index >= 15 is 0 Å². The van der Waals surface area contributed by atoms with Gasteiger partial charge in [0.2, 0.25) is 0 Å². The summed E-state index contributed by atoms with van der Waals surface area (Å²) in [4.78, 5) is 0. The summed E-state index contributed by atoms with van der Waals surface area (Å²) < 4.78 is 104. The van der Waals surface area contributed by atoms with E-state index in [4.69, 9.17) is 39.5 Å². The van der Waals surface area contributed by atoms with Crippen molar-refractivity contribution in [3.63, 3.8) is 0 Å². The van der Waals surface area contributed by atoms with Crippen molar-refractivity contribution in [2.24, 2.45) is 0 Å². The van der Waals surface area contributed by atoms with Crippen molar-refractivity contribution in [1.82, 2.24) is 0 Å². The molecule has 17 heteroatoms. The Labute approximate surface area is 166 Å². The molecule has 0 saturated heterocycles. The summed E-state index contributed by atoms with van der Waals surface area (Å²) in [7, 11) is 0. The molecule has 0 amide bonds. The molecule has 0 N–H and O–H groups in total. The van der Waals surface area contributed by atoms with Crippen LogP contribution in [0.2, 0.25) is 0 Å². The molecular weight excluding hydrogens is 913 g/mol. The molecule has 0 aliphatic heterocycles. The molecule has 0 aromatic carbocycles. The second-order valence-electron chi connectivity index (χ2n) is 1.22. The normalized spacial score (nSPS) is 10.2. The first-order chi connectivity index (χ1) is 6.00. The van der Waals surface area contributed by atoms with Gasteiger partial charge in [-0.2, -0.15) is 0 Å². The molecule has 0 aliphatic carbocycles. The third-order valence-electron chi connectivity index (χ3n) is 0. The SMILES string of the molecule is O=[Te](=O)([O-])[O-].O=[Te](=O)([O-])[O-].O=[Te](=O)([O-])[O-].[Tm+3].[Tm+3]. The molecule has 0 aliphatic rings. The second-order valence-corrected chi connectivity index (χ2v) is 8.22. The quantitative estimate of drug-likeness (QED) is 0.206. The Bertz CT molecular complexity index is 341. The number of rotatable bonds is 0. The van der Waals surface area contributed by atoms with Gasteiger partial charge in [-0.15, -0.1) is 0 Å². The maximum atomic E-state index is 8.63. The Balaban J connectivity index is -0.0000000400. The van der Waals surface area contributed by atoms with Crippen LogP contribution in [0.5, 0.6) is 0 Å². The minimum Gasteiger partial charge on any atom is 3.00 e. The van der Waals surface area contributed by atoms with Gasteiger partial charge in [-0.25, -0.2) is 0 Å². The van der Waals surface area contributed by atoms with E-state index in [9.17, 15) is 0 Å². The van der Waals surface area contributed by atoms with Crippen molar-refractivity contribution in [3.05, 3.63) is 0 Å². The molecular formula is O12Te3Tm2. The van der Waals surface area contributed by atoms with Gasteiger partial charge in [0.25, 0.3) is 0 Å². The van der Waals surface area contributed by atoms with Gasteiger partial charge in [0.05, 0.1) is 0 Å². The summed E-state index contributed by atoms with van der Waals surface area (Å²) in [5.41, 5.74) is 0. The number of hydrogen-bond acceptors (Lipinski definition) is 12. The average Bonchev–Trinajstić information content (AvgIpc) is 1.41. The molecule has 17 heavy (non-hydrogen) atoms. The minimum absolute atomic E-state index is 0. The minimum atomic E-state index is -6.02. The van der Waals surface area contributed by atoms with Crippen LogP contribution in [0.1, 0.15) is 0 Å². The van der Waals surface area contributed by atoms with Crippen molar-refractivity contribution in [1.29, 1.82) is 0 Å². The van der Waals surface area contributed by atoms with E-state index in [1.807, 2.05) is 0 Å². The summed E-state index contributed by atoms with van der Waals surface area (Å²) in [6.07, 6.45) is 0. The third-order valence-corrected chi connectivity index (χ3v) is 0. The molecule has 0 unspecified atom stereocenters. The maximum absolute atomic E-state index is 8.63. The van der Waals surface area contributed by atoms with Crippen LogP contribution in [0.25, 0.3) is 0 Å². The molecule has 12 nitrogen and oxygen atoms in total. The van der Waals surface area contributed by atoms with Crippen molar-refractivity contribution < 1.29 is 113 Å². The summed E-state index contributed by atoms with van der Waals surface area (Å²) >= 11 is -18.1. The van der Waals surface area contributed by atoms with E-state index < -0.39 is 56.9 Å². The standard InChI is InChI=1S/3H2O4Te.2Tm/c3*1-5(2,3)4;;/h3*(H2,1,2,3,4);;/q;;;2*+3/p-6. The first kappa shape index (κ1) is 32.4. The van der Waals surface area contributed by atoms with Crippen LogP contribution in [0, 0.1) is 73.7 Å². The van der Waals surface area contributed by atoms with E-state index in [2.05, 4.69) is 0 Å². The van der Waals surface area contributed by atoms with Crippen LogP contribution in [0.15, 0.2) is 0 Å². The Morgan fingerprint density at radius 2 is 0.412 bits per heavy atom. The molecule has 116 valence electrons. The third kappa shape index (κ3) is 509. The summed E-state index contributed by atoms with van der Waals surface area (Å²) in [5.74, 6) is 0. The van der Waals surface area contributed by atoms with Gasteiger partial charge in [-0.1, -0.05) is 0 Å². The monoisotopic (exact) mass is 920 g/mol. The fourth-order valence-corrected chi connectivity index (χ4v) is 0. The second kappa shape index (κ2) is 14.3. The Hall–Kier alpha value is 3.40. The first-order valence-electron chi connectivity index (χ1n) is 2.00. The van der Waals surface area contributed by atoms with Crippen molar-refractivity contribution in [2.75, 3.05) is 0 Å². The fraction of sp³-hybridized carbons (Fsp3) is 0. The van der Waals surface area contributed by atoms with E-state index in [-0.39, 0.29) is 73.7 Å². The predicted octanol–water partition coefficient (Wildman–Crippen LogP) is -8.99. The number of hydrogen-bond donors (Lipinski definition) is 0. The van der Waals surface area contributed by atoms with Gasteiger partial charge in [0, 0.05) is 0 Å². The van der Waals surface area contributed by atoms with Crippen LogP contribution in [0.4, 0.5) is 0 Å². The molecule has 0 aromatic heterocycles. The molecule has 0 rings (SSSR count). The first-order valence-corrected chi connectivity index (χ1v) is 13.4. The van der Waals surface area contributed by atoms with Crippen molar-refractivity contribution in [2.45, 2.75) is 0 Å². The van der Waals surface area contributed by atoms with E-state index in [0.29, 0.717) is 0 Å². The zero-order chi connectivity index (χ0) is 13.5. The van der Waals surface area contributed by atoms with Gasteiger partial charge >= 0.3 is 170 Å². The van der Waals surface area contributed by atoms with Gasteiger partial charge in [0.15, 0.2) is 0 Å². The van der Waals surface area contributed by atoms with Crippen LogP contribution in [0.3, 0.4) is 0 Å². The summed E-state index contributed by atoms with van der Waals surface area (Å²) in [6.45, 7) is 0. The summed E-state index contributed by atoms with van der Waals surface area (Å²) in [5, 5.41) is 0. The van der Waals surface area contributed by atoms with Crippen LogP contribution < -0.4 is 20.8 Å². The Morgan fingerprint density at radius 3 is 0.412 bits per heavy atom. The molecule has 0 radical (unpaired) electrons. The van der Waals surface area contributed by atoms with Crippen molar-refractivity contribution in [3.8, 4) is 0 Å². The molecule has 0 bridgehead atoms. The van der Waals surface area contributed by atoms with Gasteiger partial charge in [-0.3, -0.25) is 0 Å². The van der Waals surface area contributed by atoms with E-state index in [0.717, 1.165) is 0 Å². The molecule has 0 atom stereocenters. The van der Waals surface area contributed by atoms with E-state index in [1.165, 1.54) is 0 Å². The maximum Gasteiger partial charge on any atom is 3.00 e. The average molecular weight is 913 g/mol. The van der Waals surface area contributed by atoms with Gasteiger partial charge in [0.1, 0.15) is 0 Å². The van der Waals surface area contributed by atoms with Gasteiger partial charge in [-0.05, 0) is 0 Å². The van der Waals surface area contributed by atoms with Crippen LogP contribution >= 0.6 is 0 Å². The topological polar surface area (TPSA) is 241 Å². The largest absolute Gasteiger partial charge is 3.00 e. The fourth-order valence-electron chi connectivity index (χ4n) is 0. The predicted molar refractivity (Wildman–Crippen MR) is 21.4 cm³/mol. The Kier molecular flexibility index (Phi) is 27.3. The molecule has 0 aromatic rings. The summed E-state index contributed by atoms with van der Waals surface area (Å²) in [6, 6.07) is 0.